The van der Waals surface area contributed by atoms with Crippen molar-refractivity contribution in [2.45, 2.75) is 39.7 Å². The zero-order chi connectivity index (χ0) is 23.0. The number of fused-ring (bicyclic) bond motifs is 1. The molecule has 1 N–H and O–H groups in total. The second-order valence-electron chi connectivity index (χ2n) is 7.13. The van der Waals surface area contributed by atoms with E-state index in [2.05, 4.69) is 0 Å². The maximum atomic E-state index is 14.8. The number of esters is 1. The van der Waals surface area contributed by atoms with Gasteiger partial charge in [0.2, 0.25) is 0 Å². The third-order valence-corrected chi connectivity index (χ3v) is 5.09. The smallest absolute Gasteiger partial charge is 0.310 e. The van der Waals surface area contributed by atoms with E-state index in [1.807, 2.05) is 0 Å². The maximum absolute atomic E-state index is 14.8. The van der Waals surface area contributed by atoms with Crippen molar-refractivity contribution in [2.75, 3.05) is 0 Å². The van der Waals surface area contributed by atoms with E-state index in [0.29, 0.717) is 12.5 Å². The summed E-state index contributed by atoms with van der Waals surface area (Å²) in [5.74, 6) is -7.97. The standard InChI is InChI=1S/C22H19F4NO4/c1-4-10(2)31-18(28)8-13-11(3)27(17-9-16(25)21(29)20(26)19(13)17)22(30)12-5-6-14(23)15(24)7-12/h5-7,9-10,29H,4,8H2,1-3H3/t10-/m1/s1. The van der Waals surface area contributed by atoms with Gasteiger partial charge in [-0.1, -0.05) is 6.92 Å². The molecule has 0 aliphatic heterocycles. The lowest BCUT2D eigenvalue weighted by atomic mass is 10.1. The van der Waals surface area contributed by atoms with Crippen LogP contribution < -0.4 is 0 Å². The summed E-state index contributed by atoms with van der Waals surface area (Å²) in [6, 6.07) is 3.17. The summed E-state index contributed by atoms with van der Waals surface area (Å²) >= 11 is 0. The number of aromatic nitrogens is 1. The van der Waals surface area contributed by atoms with Crippen molar-refractivity contribution in [2.24, 2.45) is 0 Å². The molecular formula is C22H19F4NO4. The van der Waals surface area contributed by atoms with Crippen LogP contribution in [0.1, 0.15) is 41.9 Å². The summed E-state index contributed by atoms with van der Waals surface area (Å²) in [6.45, 7) is 4.86. The lowest BCUT2D eigenvalue weighted by Crippen LogP contribution is -2.17. The van der Waals surface area contributed by atoms with Crippen LogP contribution in [0.3, 0.4) is 0 Å². The van der Waals surface area contributed by atoms with Gasteiger partial charge in [-0.2, -0.15) is 0 Å². The van der Waals surface area contributed by atoms with Crippen LogP contribution in [-0.4, -0.2) is 27.7 Å². The minimum atomic E-state index is -1.35. The first-order valence-electron chi connectivity index (χ1n) is 9.46. The Morgan fingerprint density at radius 2 is 1.77 bits per heavy atom. The monoisotopic (exact) mass is 437 g/mol. The molecule has 0 unspecified atom stereocenters. The van der Waals surface area contributed by atoms with Gasteiger partial charge in [-0.05, 0) is 44.0 Å². The fraction of sp³-hybridized carbons (Fsp3) is 0.273. The van der Waals surface area contributed by atoms with Crippen LogP contribution in [0, 0.1) is 30.2 Å². The molecule has 0 aliphatic rings. The Kier molecular flexibility index (Phi) is 6.06. The lowest BCUT2D eigenvalue weighted by Gasteiger charge is -2.11. The average Bonchev–Trinajstić information content (AvgIpc) is 2.98. The summed E-state index contributed by atoms with van der Waals surface area (Å²) in [5.41, 5.74) is -0.477. The number of aromatic hydroxyl groups is 1. The Morgan fingerprint density at radius 1 is 1.10 bits per heavy atom. The predicted octanol–water partition coefficient (Wildman–Crippen LogP) is 4.78. The highest BCUT2D eigenvalue weighted by molar-refractivity contribution is 6.05. The molecule has 0 amide bonds. The molecule has 164 valence electrons. The van der Waals surface area contributed by atoms with E-state index in [4.69, 9.17) is 4.74 Å². The number of carbonyl (C=O) groups is 2. The highest BCUT2D eigenvalue weighted by Gasteiger charge is 2.27. The van der Waals surface area contributed by atoms with E-state index >= 15 is 0 Å². The molecule has 1 atom stereocenters. The molecule has 1 aromatic heterocycles. The number of phenols is 1. The number of hydrogen-bond donors (Lipinski definition) is 1. The van der Waals surface area contributed by atoms with Crippen molar-refractivity contribution in [1.29, 1.82) is 0 Å². The van der Waals surface area contributed by atoms with Gasteiger partial charge in [-0.15, -0.1) is 0 Å². The Labute approximate surface area is 174 Å². The number of benzene rings is 2. The van der Waals surface area contributed by atoms with Crippen LogP contribution in [0.4, 0.5) is 17.6 Å². The van der Waals surface area contributed by atoms with Crippen molar-refractivity contribution in [1.82, 2.24) is 4.57 Å². The minimum absolute atomic E-state index is 0.00652. The molecule has 5 nitrogen and oxygen atoms in total. The molecule has 3 rings (SSSR count). The quantitative estimate of drug-likeness (QED) is 0.461. The summed E-state index contributed by atoms with van der Waals surface area (Å²) in [5, 5.41) is 9.38. The Bertz CT molecular complexity index is 1200. The molecule has 0 saturated heterocycles. The van der Waals surface area contributed by atoms with Gasteiger partial charge in [0.1, 0.15) is 0 Å². The van der Waals surface area contributed by atoms with E-state index in [0.717, 1.165) is 22.8 Å². The fourth-order valence-corrected chi connectivity index (χ4v) is 3.29. The van der Waals surface area contributed by atoms with E-state index in [1.165, 1.54) is 6.92 Å². The molecule has 9 heteroatoms. The first-order valence-corrected chi connectivity index (χ1v) is 9.46. The van der Waals surface area contributed by atoms with Gasteiger partial charge in [0.05, 0.1) is 18.0 Å². The number of halogens is 4. The fourth-order valence-electron chi connectivity index (χ4n) is 3.29. The normalized spacial score (nSPS) is 12.2. The van der Waals surface area contributed by atoms with E-state index in [9.17, 15) is 32.3 Å². The highest BCUT2D eigenvalue weighted by Crippen LogP contribution is 2.35. The van der Waals surface area contributed by atoms with E-state index in [-0.39, 0.29) is 27.7 Å². The number of hydrogen-bond acceptors (Lipinski definition) is 4. The molecule has 1 heterocycles. The van der Waals surface area contributed by atoms with Gasteiger partial charge in [0.25, 0.3) is 5.91 Å². The van der Waals surface area contributed by atoms with Crippen LogP contribution in [-0.2, 0) is 16.0 Å². The molecule has 0 aliphatic carbocycles. The van der Waals surface area contributed by atoms with Crippen LogP contribution in [0.25, 0.3) is 10.9 Å². The van der Waals surface area contributed by atoms with Crippen LogP contribution in [0.2, 0.25) is 0 Å². The summed E-state index contributed by atoms with van der Waals surface area (Å²) in [6.07, 6.45) is -0.311. The van der Waals surface area contributed by atoms with Crippen molar-refractivity contribution >= 4 is 22.8 Å². The average molecular weight is 437 g/mol. The Hall–Kier alpha value is -3.36. The number of nitrogens with zero attached hydrogens (tertiary/aromatic N) is 1. The molecule has 0 spiro atoms. The first-order chi connectivity index (χ1) is 14.6. The SMILES string of the molecule is CC[C@@H](C)OC(=O)Cc1c(C)n(C(=O)c2ccc(F)c(F)c2)c2cc(F)c(O)c(F)c12. The predicted molar refractivity (Wildman–Crippen MR) is 104 cm³/mol. The van der Waals surface area contributed by atoms with Gasteiger partial charge in [-0.3, -0.25) is 14.2 Å². The maximum Gasteiger partial charge on any atom is 0.310 e. The molecule has 0 radical (unpaired) electrons. The number of phenolic OH excluding ortho intramolecular Hbond substituents is 1. The number of rotatable bonds is 5. The van der Waals surface area contributed by atoms with Crippen molar-refractivity contribution in [3.05, 3.63) is 64.4 Å². The van der Waals surface area contributed by atoms with Gasteiger partial charge >= 0.3 is 5.97 Å². The summed E-state index contributed by atoms with van der Waals surface area (Å²) in [4.78, 5) is 25.3. The van der Waals surface area contributed by atoms with Crippen LogP contribution >= 0.6 is 0 Å². The highest BCUT2D eigenvalue weighted by atomic mass is 19.2. The summed E-state index contributed by atoms with van der Waals surface area (Å²) < 4.78 is 61.9. The van der Waals surface area contributed by atoms with E-state index < -0.39 is 53.4 Å². The Morgan fingerprint density at radius 3 is 2.39 bits per heavy atom. The summed E-state index contributed by atoms with van der Waals surface area (Å²) in [7, 11) is 0. The van der Waals surface area contributed by atoms with Crippen LogP contribution in [0.5, 0.6) is 5.75 Å². The molecule has 0 bridgehead atoms. The molecule has 2 aromatic carbocycles. The number of carbonyl (C=O) groups excluding carboxylic acids is 2. The topological polar surface area (TPSA) is 68.5 Å². The molecule has 0 saturated carbocycles. The second kappa shape index (κ2) is 8.41. The van der Waals surface area contributed by atoms with Gasteiger partial charge in [0, 0.05) is 22.7 Å². The third kappa shape index (κ3) is 3.99. The van der Waals surface area contributed by atoms with Crippen molar-refractivity contribution < 1.29 is 37.0 Å². The first kappa shape index (κ1) is 22.3. The minimum Gasteiger partial charge on any atom is -0.503 e. The molecule has 3 aromatic rings. The third-order valence-electron chi connectivity index (χ3n) is 5.09. The van der Waals surface area contributed by atoms with Gasteiger partial charge < -0.3 is 9.84 Å². The zero-order valence-corrected chi connectivity index (χ0v) is 16.9. The lowest BCUT2D eigenvalue weighted by molar-refractivity contribution is -0.147. The second-order valence-corrected chi connectivity index (χ2v) is 7.13. The van der Waals surface area contributed by atoms with Crippen molar-refractivity contribution in [3.63, 3.8) is 0 Å². The largest absolute Gasteiger partial charge is 0.503 e. The van der Waals surface area contributed by atoms with E-state index in [1.54, 1.807) is 13.8 Å². The molecule has 0 fully saturated rings. The van der Waals surface area contributed by atoms with Crippen LogP contribution in [0.15, 0.2) is 24.3 Å². The van der Waals surface area contributed by atoms with Gasteiger partial charge in [0.15, 0.2) is 29.0 Å². The van der Waals surface area contributed by atoms with Crippen molar-refractivity contribution in [3.8, 4) is 5.75 Å². The number of ether oxygens (including phenoxy) is 1. The zero-order valence-electron chi connectivity index (χ0n) is 16.9. The molecular weight excluding hydrogens is 418 g/mol. The Balaban J connectivity index is 2.22. The van der Waals surface area contributed by atoms with Gasteiger partial charge in [-0.25, -0.2) is 17.6 Å². The molecule has 31 heavy (non-hydrogen) atoms.